The zero-order valence-electron chi connectivity index (χ0n) is 14.5. The predicted molar refractivity (Wildman–Crippen MR) is 104 cm³/mol. The molecule has 0 unspecified atom stereocenters. The minimum atomic E-state index is -0.119. The second-order valence-electron chi connectivity index (χ2n) is 6.57. The number of carbonyl (C=O) groups is 1. The van der Waals surface area contributed by atoms with Gasteiger partial charge in [-0.2, -0.15) is 5.10 Å². The van der Waals surface area contributed by atoms with E-state index in [2.05, 4.69) is 26.3 Å². The van der Waals surface area contributed by atoms with Crippen molar-refractivity contribution in [2.75, 3.05) is 6.61 Å². The number of nitrogens with zero attached hydrogens (tertiary/aromatic N) is 2. The van der Waals surface area contributed by atoms with Gasteiger partial charge in [-0.1, -0.05) is 30.3 Å². The highest BCUT2D eigenvalue weighted by molar-refractivity contribution is 9.10. The molecule has 1 aliphatic carbocycles. The number of nitrogens with one attached hydrogen (secondary N) is 1. The molecule has 0 aliphatic heterocycles. The van der Waals surface area contributed by atoms with Gasteiger partial charge < -0.3 is 10.1 Å². The van der Waals surface area contributed by atoms with Crippen molar-refractivity contribution in [3.63, 3.8) is 0 Å². The van der Waals surface area contributed by atoms with Crippen molar-refractivity contribution < 1.29 is 9.53 Å². The molecule has 0 saturated heterocycles. The van der Waals surface area contributed by atoms with Crippen molar-refractivity contribution in [1.82, 2.24) is 15.1 Å². The van der Waals surface area contributed by atoms with E-state index in [-0.39, 0.29) is 18.6 Å². The van der Waals surface area contributed by atoms with Crippen molar-refractivity contribution in [2.45, 2.75) is 25.3 Å². The van der Waals surface area contributed by atoms with Gasteiger partial charge in [0.2, 0.25) is 0 Å². The lowest BCUT2D eigenvalue weighted by Crippen LogP contribution is -2.34. The number of benzene rings is 2. The van der Waals surface area contributed by atoms with Crippen LogP contribution in [0.5, 0.6) is 5.75 Å². The summed E-state index contributed by atoms with van der Waals surface area (Å²) in [7, 11) is 1.95. The Morgan fingerprint density at radius 2 is 2.19 bits per heavy atom. The van der Waals surface area contributed by atoms with Gasteiger partial charge in [-0.25, -0.2) is 0 Å². The summed E-state index contributed by atoms with van der Waals surface area (Å²) in [6, 6.07) is 12.0. The number of halogens is 1. The average molecular weight is 414 g/mol. The van der Waals surface area contributed by atoms with E-state index in [1.807, 2.05) is 54.3 Å². The zero-order chi connectivity index (χ0) is 18.1. The Morgan fingerprint density at radius 1 is 1.35 bits per heavy atom. The zero-order valence-corrected chi connectivity index (χ0v) is 16.1. The monoisotopic (exact) mass is 413 g/mol. The number of hydrogen-bond donors (Lipinski definition) is 1. The topological polar surface area (TPSA) is 56.2 Å². The summed E-state index contributed by atoms with van der Waals surface area (Å²) in [5.74, 6) is 0.552. The molecule has 1 aliphatic rings. The molecule has 0 bridgehead atoms. The summed E-state index contributed by atoms with van der Waals surface area (Å²) in [6.07, 6.45) is 4.86. The normalized spacial score (nSPS) is 16.3. The summed E-state index contributed by atoms with van der Waals surface area (Å²) >= 11 is 3.59. The van der Waals surface area contributed by atoms with Crippen molar-refractivity contribution >= 4 is 32.6 Å². The lowest BCUT2D eigenvalue weighted by atomic mass is 9.93. The van der Waals surface area contributed by atoms with Crippen LogP contribution in [0.25, 0.3) is 10.8 Å². The largest absolute Gasteiger partial charge is 0.483 e. The molecule has 1 heterocycles. The molecule has 0 saturated carbocycles. The molecule has 3 aromatic rings. The number of hydrogen-bond acceptors (Lipinski definition) is 3. The van der Waals surface area contributed by atoms with E-state index in [1.165, 1.54) is 5.69 Å². The van der Waals surface area contributed by atoms with E-state index in [0.717, 1.165) is 40.1 Å². The minimum absolute atomic E-state index is 0.0109. The molecule has 0 spiro atoms. The first-order valence-corrected chi connectivity index (χ1v) is 9.53. The molecular formula is C20H20BrN3O2. The van der Waals surface area contributed by atoms with Gasteiger partial charge in [-0.3, -0.25) is 9.48 Å². The highest BCUT2D eigenvalue weighted by Gasteiger charge is 2.24. The first kappa shape index (κ1) is 17.1. The first-order chi connectivity index (χ1) is 12.6. The van der Waals surface area contributed by atoms with E-state index >= 15 is 0 Å². The average Bonchev–Trinajstić information content (AvgIpc) is 3.04. The molecule has 6 heteroatoms. The second kappa shape index (κ2) is 7.11. The minimum Gasteiger partial charge on any atom is -0.483 e. The van der Waals surface area contributed by atoms with E-state index < -0.39 is 0 Å². The van der Waals surface area contributed by atoms with Crippen LogP contribution >= 0.6 is 15.9 Å². The fraction of sp³-hybridized carbons (Fsp3) is 0.300. The van der Waals surface area contributed by atoms with Crippen LogP contribution in [0.2, 0.25) is 0 Å². The maximum atomic E-state index is 12.4. The smallest absolute Gasteiger partial charge is 0.258 e. The summed E-state index contributed by atoms with van der Waals surface area (Å²) < 4.78 is 8.53. The number of carbonyl (C=O) groups excluding carboxylic acids is 1. The Bertz CT molecular complexity index is 967. The molecule has 134 valence electrons. The molecule has 1 atom stereocenters. The van der Waals surface area contributed by atoms with Crippen molar-refractivity contribution in [3.05, 3.63) is 58.3 Å². The standard InChI is InChI=1S/C20H20BrN3O2/c1-24-17-8-4-7-16(15(17)11-22-24)23-19(25)12-26-18-10-9-13-5-2-3-6-14(13)20(18)21/h2-3,5-6,9-11,16H,4,7-8,12H2,1H3,(H,23,25)/t16-/m0/s1. The number of aromatic nitrogens is 2. The van der Waals surface area contributed by atoms with Crippen molar-refractivity contribution in [2.24, 2.45) is 7.05 Å². The van der Waals surface area contributed by atoms with Crippen molar-refractivity contribution in [1.29, 1.82) is 0 Å². The Morgan fingerprint density at radius 3 is 3.08 bits per heavy atom. The maximum absolute atomic E-state index is 12.4. The number of aryl methyl sites for hydroxylation is 1. The highest BCUT2D eigenvalue weighted by Crippen LogP contribution is 2.33. The van der Waals surface area contributed by atoms with Gasteiger partial charge in [0.05, 0.1) is 16.7 Å². The van der Waals surface area contributed by atoms with Gasteiger partial charge in [0.15, 0.2) is 6.61 Å². The van der Waals surface area contributed by atoms with Crippen LogP contribution in [0.1, 0.15) is 30.1 Å². The van der Waals surface area contributed by atoms with Crippen LogP contribution in [-0.4, -0.2) is 22.3 Å². The van der Waals surface area contributed by atoms with Crippen LogP contribution in [-0.2, 0) is 18.3 Å². The fourth-order valence-electron chi connectivity index (χ4n) is 3.56. The van der Waals surface area contributed by atoms with E-state index in [1.54, 1.807) is 0 Å². The maximum Gasteiger partial charge on any atom is 0.258 e. The van der Waals surface area contributed by atoms with Crippen LogP contribution < -0.4 is 10.1 Å². The van der Waals surface area contributed by atoms with E-state index in [0.29, 0.717) is 5.75 Å². The number of rotatable bonds is 4. The van der Waals surface area contributed by atoms with Gasteiger partial charge in [-0.15, -0.1) is 0 Å². The molecular weight excluding hydrogens is 394 g/mol. The number of ether oxygens (including phenoxy) is 1. The third-order valence-electron chi connectivity index (χ3n) is 4.90. The third-order valence-corrected chi connectivity index (χ3v) is 5.72. The van der Waals surface area contributed by atoms with Gasteiger partial charge in [0.1, 0.15) is 5.75 Å². The van der Waals surface area contributed by atoms with E-state index in [9.17, 15) is 4.79 Å². The fourth-order valence-corrected chi connectivity index (χ4v) is 4.17. The quantitative estimate of drug-likeness (QED) is 0.705. The first-order valence-electron chi connectivity index (χ1n) is 8.73. The molecule has 1 amide bonds. The molecule has 4 rings (SSSR count). The van der Waals surface area contributed by atoms with Crippen LogP contribution in [0.4, 0.5) is 0 Å². The predicted octanol–water partition coefficient (Wildman–Crippen LogP) is 3.91. The summed E-state index contributed by atoms with van der Waals surface area (Å²) in [6.45, 7) is -0.0109. The van der Waals surface area contributed by atoms with Gasteiger partial charge in [0, 0.05) is 18.3 Å². The summed E-state index contributed by atoms with van der Waals surface area (Å²) in [5, 5.41) is 9.60. The lowest BCUT2D eigenvalue weighted by Gasteiger charge is -2.23. The molecule has 0 radical (unpaired) electrons. The molecule has 26 heavy (non-hydrogen) atoms. The Hall–Kier alpha value is -2.34. The Balaban J connectivity index is 1.43. The number of fused-ring (bicyclic) bond motifs is 2. The second-order valence-corrected chi connectivity index (χ2v) is 7.36. The van der Waals surface area contributed by atoms with Crippen molar-refractivity contribution in [3.8, 4) is 5.75 Å². The van der Waals surface area contributed by atoms with Gasteiger partial charge in [0.25, 0.3) is 5.91 Å². The molecule has 0 fully saturated rings. The number of amides is 1. The molecule has 1 aromatic heterocycles. The van der Waals surface area contributed by atoms with E-state index in [4.69, 9.17) is 4.74 Å². The van der Waals surface area contributed by atoms with Crippen LogP contribution in [0.15, 0.2) is 47.1 Å². The third kappa shape index (κ3) is 3.21. The molecule has 5 nitrogen and oxygen atoms in total. The summed E-state index contributed by atoms with van der Waals surface area (Å²) in [4.78, 5) is 12.4. The van der Waals surface area contributed by atoms with Crippen LogP contribution in [0.3, 0.4) is 0 Å². The van der Waals surface area contributed by atoms with Crippen LogP contribution in [0, 0.1) is 0 Å². The molecule has 1 N–H and O–H groups in total. The summed E-state index contributed by atoms with van der Waals surface area (Å²) in [5.41, 5.74) is 2.33. The SMILES string of the molecule is Cn1ncc2c1CCC[C@@H]2NC(=O)COc1ccc2ccccc2c1Br. The van der Waals surface area contributed by atoms with Gasteiger partial charge in [-0.05, 0) is 52.0 Å². The molecule has 2 aromatic carbocycles. The Labute approximate surface area is 160 Å². The Kier molecular flexibility index (Phi) is 4.68. The highest BCUT2D eigenvalue weighted by atomic mass is 79.9. The van der Waals surface area contributed by atoms with Gasteiger partial charge >= 0.3 is 0 Å². The lowest BCUT2D eigenvalue weighted by molar-refractivity contribution is -0.124.